The lowest BCUT2D eigenvalue weighted by Gasteiger charge is -2.40. The Labute approximate surface area is 102 Å². The van der Waals surface area contributed by atoms with E-state index in [1.54, 1.807) is 6.92 Å². The average Bonchev–Trinajstić information content (AvgIpc) is 2.29. The molecule has 1 heterocycles. The van der Waals surface area contributed by atoms with Crippen LogP contribution in [0.25, 0.3) is 0 Å². The number of carboxylic acids is 1. The van der Waals surface area contributed by atoms with Gasteiger partial charge in [-0.3, -0.25) is 9.59 Å². The fourth-order valence-electron chi connectivity index (χ4n) is 2.58. The van der Waals surface area contributed by atoms with Crippen molar-refractivity contribution in [3.05, 3.63) is 0 Å². The minimum atomic E-state index is -0.952. The molecule has 98 valence electrons. The number of nitrogens with one attached hydrogen (secondary N) is 1. The second-order valence-electron chi connectivity index (χ2n) is 4.50. The third-order valence-corrected chi connectivity index (χ3v) is 3.60. The second kappa shape index (κ2) is 6.00. The van der Waals surface area contributed by atoms with Gasteiger partial charge in [-0.25, -0.2) is 0 Å². The summed E-state index contributed by atoms with van der Waals surface area (Å²) in [4.78, 5) is 23.1. The number of ether oxygens (including phenoxy) is 1. The molecule has 0 bridgehead atoms. The zero-order valence-electron chi connectivity index (χ0n) is 10.5. The van der Waals surface area contributed by atoms with Gasteiger partial charge in [0.1, 0.15) is 0 Å². The van der Waals surface area contributed by atoms with Crippen LogP contribution in [-0.2, 0) is 14.3 Å². The van der Waals surface area contributed by atoms with Gasteiger partial charge in [0.25, 0.3) is 0 Å². The Balaban J connectivity index is 2.86. The largest absolute Gasteiger partial charge is 0.481 e. The van der Waals surface area contributed by atoms with Gasteiger partial charge < -0.3 is 15.2 Å². The zero-order chi connectivity index (χ0) is 12.9. The van der Waals surface area contributed by atoms with Gasteiger partial charge in [0.2, 0.25) is 0 Å². The maximum absolute atomic E-state index is 11.6. The van der Waals surface area contributed by atoms with Crippen molar-refractivity contribution in [2.45, 2.75) is 33.1 Å². The Morgan fingerprint density at radius 1 is 1.47 bits per heavy atom. The SMILES string of the molecule is CCOC(=O)C[C@@]1(C(=O)O)CCNC[C@H]1CC. The molecule has 0 amide bonds. The topological polar surface area (TPSA) is 75.6 Å². The molecular weight excluding hydrogens is 222 g/mol. The van der Waals surface area contributed by atoms with Crippen LogP contribution in [0.5, 0.6) is 0 Å². The summed E-state index contributed by atoms with van der Waals surface area (Å²) in [6.07, 6.45) is 1.22. The standard InChI is InChI=1S/C12H21NO4/c1-3-9-8-13-6-5-12(9,11(15)16)7-10(14)17-4-2/h9,13H,3-8H2,1-2H3,(H,15,16)/t9-,12+/m1/s1. The smallest absolute Gasteiger partial charge is 0.310 e. The highest BCUT2D eigenvalue weighted by atomic mass is 16.5. The van der Waals surface area contributed by atoms with Crippen LogP contribution in [0.2, 0.25) is 0 Å². The predicted octanol–water partition coefficient (Wildman–Crippen LogP) is 1.03. The minimum absolute atomic E-state index is 0.0156. The molecule has 0 aliphatic carbocycles. The van der Waals surface area contributed by atoms with Crippen molar-refractivity contribution >= 4 is 11.9 Å². The highest BCUT2D eigenvalue weighted by Gasteiger charge is 2.48. The molecule has 1 saturated heterocycles. The predicted molar refractivity (Wildman–Crippen MR) is 62.6 cm³/mol. The molecule has 1 fully saturated rings. The highest BCUT2D eigenvalue weighted by Crippen LogP contribution is 2.40. The summed E-state index contributed by atoms with van der Waals surface area (Å²) < 4.78 is 4.89. The van der Waals surface area contributed by atoms with Crippen LogP contribution < -0.4 is 5.32 Å². The van der Waals surface area contributed by atoms with Gasteiger partial charge in [-0.05, 0) is 32.4 Å². The summed E-state index contributed by atoms with van der Waals surface area (Å²) in [7, 11) is 0. The zero-order valence-corrected chi connectivity index (χ0v) is 10.5. The van der Waals surface area contributed by atoms with Crippen molar-refractivity contribution in [3.63, 3.8) is 0 Å². The average molecular weight is 243 g/mol. The Hall–Kier alpha value is -1.10. The molecule has 0 radical (unpaired) electrons. The normalized spacial score (nSPS) is 28.7. The molecule has 2 atom stereocenters. The third kappa shape index (κ3) is 2.97. The van der Waals surface area contributed by atoms with Gasteiger partial charge in [-0.15, -0.1) is 0 Å². The van der Waals surface area contributed by atoms with E-state index in [-0.39, 0.29) is 12.3 Å². The fourth-order valence-corrected chi connectivity index (χ4v) is 2.58. The van der Waals surface area contributed by atoms with Crippen LogP contribution in [0.15, 0.2) is 0 Å². The van der Waals surface area contributed by atoms with E-state index in [0.717, 1.165) is 6.42 Å². The van der Waals surface area contributed by atoms with Gasteiger partial charge in [0.15, 0.2) is 0 Å². The van der Waals surface area contributed by atoms with Crippen LogP contribution in [0, 0.1) is 11.3 Å². The molecule has 0 aromatic rings. The number of carboxylic acid groups (broad SMARTS) is 1. The molecule has 5 heteroatoms. The van der Waals surface area contributed by atoms with Crippen LogP contribution in [0.4, 0.5) is 0 Å². The van der Waals surface area contributed by atoms with Crippen molar-refractivity contribution in [2.24, 2.45) is 11.3 Å². The monoisotopic (exact) mass is 243 g/mol. The first-order valence-corrected chi connectivity index (χ1v) is 6.16. The molecule has 0 saturated carbocycles. The molecule has 5 nitrogen and oxygen atoms in total. The van der Waals surface area contributed by atoms with E-state index in [1.165, 1.54) is 0 Å². The first-order valence-electron chi connectivity index (χ1n) is 6.16. The number of hydrogen-bond donors (Lipinski definition) is 2. The van der Waals surface area contributed by atoms with E-state index in [0.29, 0.717) is 26.1 Å². The summed E-state index contributed by atoms with van der Waals surface area (Å²) in [6, 6.07) is 0. The third-order valence-electron chi connectivity index (χ3n) is 3.60. The highest BCUT2D eigenvalue weighted by molar-refractivity contribution is 5.82. The lowest BCUT2D eigenvalue weighted by molar-refractivity contribution is -0.163. The molecule has 2 N–H and O–H groups in total. The van der Waals surface area contributed by atoms with Crippen molar-refractivity contribution < 1.29 is 19.4 Å². The molecule has 17 heavy (non-hydrogen) atoms. The summed E-state index contributed by atoms with van der Waals surface area (Å²) in [5, 5.41) is 12.7. The van der Waals surface area contributed by atoms with Gasteiger partial charge in [-0.2, -0.15) is 0 Å². The van der Waals surface area contributed by atoms with Crippen LogP contribution in [-0.4, -0.2) is 36.7 Å². The molecule has 1 aliphatic heterocycles. The molecular formula is C12H21NO4. The van der Waals surface area contributed by atoms with Crippen molar-refractivity contribution in [2.75, 3.05) is 19.7 Å². The maximum atomic E-state index is 11.6. The quantitative estimate of drug-likeness (QED) is 0.705. The van der Waals surface area contributed by atoms with Crippen molar-refractivity contribution in [3.8, 4) is 0 Å². The van der Waals surface area contributed by atoms with E-state index in [2.05, 4.69) is 5.32 Å². The fraction of sp³-hybridized carbons (Fsp3) is 0.833. The lowest BCUT2D eigenvalue weighted by atomic mass is 9.67. The van der Waals surface area contributed by atoms with E-state index < -0.39 is 17.4 Å². The summed E-state index contributed by atoms with van der Waals surface area (Å²) in [5.41, 5.74) is -0.952. The second-order valence-corrected chi connectivity index (χ2v) is 4.50. The Morgan fingerprint density at radius 3 is 2.71 bits per heavy atom. The molecule has 0 spiro atoms. The Kier molecular flexibility index (Phi) is 4.93. The summed E-state index contributed by atoms with van der Waals surface area (Å²) >= 11 is 0. The van der Waals surface area contributed by atoms with E-state index in [1.807, 2.05) is 6.92 Å². The van der Waals surface area contributed by atoms with Gasteiger partial charge >= 0.3 is 11.9 Å². The first kappa shape index (κ1) is 14.0. The van der Waals surface area contributed by atoms with Crippen LogP contribution in [0.3, 0.4) is 0 Å². The van der Waals surface area contributed by atoms with Gasteiger partial charge in [-0.1, -0.05) is 13.3 Å². The lowest BCUT2D eigenvalue weighted by Crippen LogP contribution is -2.50. The van der Waals surface area contributed by atoms with Crippen molar-refractivity contribution in [1.29, 1.82) is 0 Å². The van der Waals surface area contributed by atoms with Gasteiger partial charge in [0.05, 0.1) is 18.4 Å². The number of carbonyl (C=O) groups excluding carboxylic acids is 1. The van der Waals surface area contributed by atoms with Crippen LogP contribution in [0.1, 0.15) is 33.1 Å². The maximum Gasteiger partial charge on any atom is 0.310 e. The Morgan fingerprint density at radius 2 is 2.18 bits per heavy atom. The number of carbonyl (C=O) groups is 2. The first-order chi connectivity index (χ1) is 8.06. The molecule has 1 aliphatic rings. The van der Waals surface area contributed by atoms with E-state index >= 15 is 0 Å². The number of aliphatic carboxylic acids is 1. The van der Waals surface area contributed by atoms with Crippen LogP contribution >= 0.6 is 0 Å². The van der Waals surface area contributed by atoms with E-state index in [9.17, 15) is 14.7 Å². The summed E-state index contributed by atoms with van der Waals surface area (Å²) in [6.45, 7) is 5.28. The minimum Gasteiger partial charge on any atom is -0.481 e. The molecule has 0 aromatic carbocycles. The van der Waals surface area contributed by atoms with Gasteiger partial charge in [0, 0.05) is 0 Å². The molecule has 1 rings (SSSR count). The number of piperidine rings is 1. The number of esters is 1. The number of rotatable bonds is 5. The van der Waals surface area contributed by atoms with Crippen molar-refractivity contribution in [1.82, 2.24) is 5.32 Å². The molecule has 0 unspecified atom stereocenters. The van der Waals surface area contributed by atoms with E-state index in [4.69, 9.17) is 4.74 Å². The molecule has 0 aromatic heterocycles. The Bertz CT molecular complexity index is 292. The summed E-state index contributed by atoms with van der Waals surface area (Å²) in [5.74, 6) is -1.30. The number of hydrogen-bond acceptors (Lipinski definition) is 4.